The molecule has 0 nitrogen and oxygen atoms in total. The van der Waals surface area contributed by atoms with Crippen LogP contribution in [-0.2, 0) is 0 Å². The fraction of sp³-hybridized carbons (Fsp3) is 0.875. The molecule has 0 aliphatic heterocycles. The Bertz CT molecular complexity index is 56.3. The highest BCUT2D eigenvalue weighted by molar-refractivity contribution is 8.17. The molecule has 0 bridgehead atoms. The lowest BCUT2D eigenvalue weighted by Gasteiger charge is -2.07. The highest BCUT2D eigenvalue weighted by atomic mass is 32.2. The maximum absolute atomic E-state index is 4.04. The van der Waals surface area contributed by atoms with Crippen molar-refractivity contribution >= 4 is 23.5 Å². The summed E-state index contributed by atoms with van der Waals surface area (Å²) in [5.74, 6) is 2.51. The first-order valence-electron chi connectivity index (χ1n) is 3.87. The van der Waals surface area contributed by atoms with Crippen LogP contribution in [0.5, 0.6) is 0 Å². The largest absolute Gasteiger partial charge is 0.148 e. The lowest BCUT2D eigenvalue weighted by Crippen LogP contribution is -1.92. The summed E-state index contributed by atoms with van der Waals surface area (Å²) < 4.78 is 0.555. The highest BCUT2D eigenvalue weighted by Gasteiger charge is 1.99. The van der Waals surface area contributed by atoms with E-state index < -0.39 is 0 Å². The van der Waals surface area contributed by atoms with Crippen LogP contribution in [0.3, 0.4) is 0 Å². The van der Waals surface area contributed by atoms with Gasteiger partial charge >= 0.3 is 0 Å². The van der Waals surface area contributed by atoms with E-state index in [0.717, 1.165) is 0 Å². The van der Waals surface area contributed by atoms with Gasteiger partial charge in [-0.15, -0.1) is 23.5 Å². The Morgan fingerprint density at radius 1 is 1.10 bits per heavy atom. The van der Waals surface area contributed by atoms with Crippen molar-refractivity contribution in [2.75, 3.05) is 11.5 Å². The number of rotatable bonds is 6. The fourth-order valence-corrected chi connectivity index (χ4v) is 2.51. The SMILES string of the molecule is [CH2]C(SCCC)SCCC. The van der Waals surface area contributed by atoms with Crippen molar-refractivity contribution in [1.29, 1.82) is 0 Å². The van der Waals surface area contributed by atoms with Gasteiger partial charge in [0.25, 0.3) is 0 Å². The minimum Gasteiger partial charge on any atom is -0.148 e. The molecule has 0 fully saturated rings. The standard InChI is InChI=1S/C8H17S2/c1-4-6-9-8(3)10-7-5-2/h8H,3-7H2,1-2H3. The summed E-state index contributed by atoms with van der Waals surface area (Å²) in [4.78, 5) is 0. The van der Waals surface area contributed by atoms with Gasteiger partial charge < -0.3 is 0 Å². The van der Waals surface area contributed by atoms with Crippen molar-refractivity contribution in [2.24, 2.45) is 0 Å². The molecule has 0 rings (SSSR count). The van der Waals surface area contributed by atoms with Crippen molar-refractivity contribution in [3.63, 3.8) is 0 Å². The number of hydrogen-bond donors (Lipinski definition) is 0. The van der Waals surface area contributed by atoms with E-state index in [4.69, 9.17) is 0 Å². The summed E-state index contributed by atoms with van der Waals surface area (Å²) in [6, 6.07) is 0. The molecule has 0 amide bonds. The Balaban J connectivity index is 3.00. The van der Waals surface area contributed by atoms with Crippen molar-refractivity contribution in [2.45, 2.75) is 31.3 Å². The first kappa shape index (κ1) is 10.7. The van der Waals surface area contributed by atoms with E-state index >= 15 is 0 Å². The highest BCUT2D eigenvalue weighted by Crippen LogP contribution is 2.23. The maximum atomic E-state index is 4.04. The van der Waals surface area contributed by atoms with Crippen molar-refractivity contribution in [1.82, 2.24) is 0 Å². The summed E-state index contributed by atoms with van der Waals surface area (Å²) >= 11 is 3.94. The maximum Gasteiger partial charge on any atom is 0.0503 e. The van der Waals surface area contributed by atoms with Gasteiger partial charge in [-0.05, 0) is 31.3 Å². The molecule has 0 heterocycles. The fourth-order valence-electron chi connectivity index (χ4n) is 0.547. The Kier molecular flexibility index (Phi) is 8.35. The normalized spacial score (nSPS) is 10.8. The molecule has 0 atom stereocenters. The van der Waals surface area contributed by atoms with Crippen LogP contribution in [0.4, 0.5) is 0 Å². The van der Waals surface area contributed by atoms with Crippen LogP contribution in [0.2, 0.25) is 0 Å². The third-order valence-electron chi connectivity index (χ3n) is 1.02. The van der Waals surface area contributed by atoms with Crippen LogP contribution in [0, 0.1) is 6.92 Å². The molecule has 0 unspecified atom stereocenters. The van der Waals surface area contributed by atoms with Crippen LogP contribution >= 0.6 is 23.5 Å². The molecule has 10 heavy (non-hydrogen) atoms. The van der Waals surface area contributed by atoms with Crippen molar-refractivity contribution < 1.29 is 0 Å². The summed E-state index contributed by atoms with van der Waals surface area (Å²) in [7, 11) is 0. The average Bonchev–Trinajstić information content (AvgIpc) is 1.97. The van der Waals surface area contributed by atoms with Gasteiger partial charge in [0, 0.05) is 0 Å². The van der Waals surface area contributed by atoms with Gasteiger partial charge in [-0.3, -0.25) is 0 Å². The van der Waals surface area contributed by atoms with Crippen LogP contribution in [-0.4, -0.2) is 16.1 Å². The third-order valence-corrected chi connectivity index (χ3v) is 3.86. The van der Waals surface area contributed by atoms with E-state index in [0.29, 0.717) is 4.58 Å². The lowest BCUT2D eigenvalue weighted by atomic mass is 10.6. The molecule has 0 N–H and O–H groups in total. The van der Waals surface area contributed by atoms with E-state index in [2.05, 4.69) is 20.8 Å². The third kappa shape index (κ3) is 6.81. The summed E-state index contributed by atoms with van der Waals surface area (Å²) in [6.45, 7) is 8.46. The molecule has 1 radical (unpaired) electrons. The van der Waals surface area contributed by atoms with Gasteiger partial charge in [0.05, 0.1) is 4.58 Å². The predicted molar refractivity (Wildman–Crippen MR) is 54.6 cm³/mol. The molecule has 0 aromatic carbocycles. The molecule has 0 saturated heterocycles. The topological polar surface area (TPSA) is 0 Å². The first-order valence-corrected chi connectivity index (χ1v) is 5.97. The molecular weight excluding hydrogens is 160 g/mol. The van der Waals surface area contributed by atoms with Gasteiger partial charge in [0.2, 0.25) is 0 Å². The van der Waals surface area contributed by atoms with Crippen molar-refractivity contribution in [3.8, 4) is 0 Å². The van der Waals surface area contributed by atoms with E-state index in [1.54, 1.807) is 0 Å². The summed E-state index contributed by atoms with van der Waals surface area (Å²) in [5.41, 5.74) is 0. The Morgan fingerprint density at radius 2 is 1.50 bits per heavy atom. The minimum atomic E-state index is 0.555. The molecule has 0 aliphatic rings. The Hall–Kier alpha value is 0.700. The zero-order chi connectivity index (χ0) is 7.82. The molecule has 0 aromatic rings. The molecule has 2 heteroatoms. The second-order valence-corrected chi connectivity index (χ2v) is 5.09. The predicted octanol–water partition coefficient (Wildman–Crippen LogP) is 3.43. The first-order chi connectivity index (χ1) is 4.81. The Morgan fingerprint density at radius 3 is 1.80 bits per heavy atom. The summed E-state index contributed by atoms with van der Waals surface area (Å²) in [6.07, 6.45) is 2.53. The van der Waals surface area contributed by atoms with Crippen LogP contribution in [0.25, 0.3) is 0 Å². The van der Waals surface area contributed by atoms with E-state index in [1.165, 1.54) is 24.3 Å². The molecular formula is C8H17S2. The van der Waals surface area contributed by atoms with Crippen LogP contribution in [0.15, 0.2) is 0 Å². The zero-order valence-electron chi connectivity index (χ0n) is 6.93. The zero-order valence-corrected chi connectivity index (χ0v) is 8.56. The summed E-state index contributed by atoms with van der Waals surface area (Å²) in [5, 5.41) is 0. The second-order valence-electron chi connectivity index (χ2n) is 2.17. The van der Waals surface area contributed by atoms with E-state index in [9.17, 15) is 0 Å². The number of hydrogen-bond acceptors (Lipinski definition) is 2. The Labute approximate surface area is 73.5 Å². The quantitative estimate of drug-likeness (QED) is 0.570. The molecule has 0 spiro atoms. The van der Waals surface area contributed by atoms with Gasteiger partial charge in [0.1, 0.15) is 0 Å². The van der Waals surface area contributed by atoms with Crippen LogP contribution < -0.4 is 0 Å². The van der Waals surface area contributed by atoms with E-state index in [-0.39, 0.29) is 0 Å². The van der Waals surface area contributed by atoms with Gasteiger partial charge in [-0.2, -0.15) is 0 Å². The van der Waals surface area contributed by atoms with Crippen molar-refractivity contribution in [3.05, 3.63) is 6.92 Å². The monoisotopic (exact) mass is 177 g/mol. The van der Waals surface area contributed by atoms with Gasteiger partial charge in [-0.25, -0.2) is 0 Å². The molecule has 0 saturated carbocycles. The van der Waals surface area contributed by atoms with Gasteiger partial charge in [0.15, 0.2) is 0 Å². The molecule has 61 valence electrons. The second kappa shape index (κ2) is 7.80. The lowest BCUT2D eigenvalue weighted by molar-refractivity contribution is 1.10. The molecule has 0 aromatic heterocycles. The van der Waals surface area contributed by atoms with E-state index in [1.807, 2.05) is 23.5 Å². The van der Waals surface area contributed by atoms with Gasteiger partial charge in [-0.1, -0.05) is 13.8 Å². The number of thioether (sulfide) groups is 2. The average molecular weight is 177 g/mol. The van der Waals surface area contributed by atoms with Crippen LogP contribution in [0.1, 0.15) is 26.7 Å². The smallest absolute Gasteiger partial charge is 0.0503 e. The minimum absolute atomic E-state index is 0.555. The molecule has 0 aliphatic carbocycles.